The molecule has 1 aliphatic rings. The molecular weight excluding hydrogens is 248 g/mol. The Hall–Kier alpha value is -1.35. The first-order valence-corrected chi connectivity index (χ1v) is 7.79. The van der Waals surface area contributed by atoms with Crippen molar-refractivity contribution in [3.8, 4) is 0 Å². The molecule has 0 aliphatic heterocycles. The monoisotopic (exact) mass is 275 g/mol. The number of nitrogens with two attached hydrogens (primary N) is 1. The van der Waals surface area contributed by atoms with Gasteiger partial charge in [0.2, 0.25) is 0 Å². The van der Waals surface area contributed by atoms with E-state index in [-0.39, 0.29) is 11.9 Å². The Morgan fingerprint density at radius 2 is 1.90 bits per heavy atom. The van der Waals surface area contributed by atoms with Crippen molar-refractivity contribution < 1.29 is 10.1 Å². The van der Waals surface area contributed by atoms with Crippen LogP contribution in [-0.2, 0) is 4.79 Å². The molecule has 1 aromatic rings. The van der Waals surface area contributed by atoms with Crippen molar-refractivity contribution in [3.05, 3.63) is 29.8 Å². The van der Waals surface area contributed by atoms with Gasteiger partial charge in [0, 0.05) is 11.6 Å². The molecule has 3 nitrogen and oxygen atoms in total. The van der Waals surface area contributed by atoms with Gasteiger partial charge in [0.25, 0.3) is 5.91 Å². The van der Waals surface area contributed by atoms with Gasteiger partial charge in [-0.1, -0.05) is 31.0 Å². The zero-order chi connectivity index (χ0) is 14.5. The van der Waals surface area contributed by atoms with Crippen LogP contribution >= 0.6 is 0 Å². The fraction of sp³-hybridized carbons (Fsp3) is 0.588. The Morgan fingerprint density at radius 1 is 1.25 bits per heavy atom. The van der Waals surface area contributed by atoms with E-state index in [0.29, 0.717) is 6.04 Å². The third-order valence-corrected chi connectivity index (χ3v) is 4.45. The quantitative estimate of drug-likeness (QED) is 0.871. The highest BCUT2D eigenvalue weighted by atomic mass is 16.2. The van der Waals surface area contributed by atoms with E-state index in [1.54, 1.807) is 0 Å². The Balaban J connectivity index is 1.86. The molecule has 0 bridgehead atoms. The summed E-state index contributed by atoms with van der Waals surface area (Å²) in [6, 6.07) is 8.54. The van der Waals surface area contributed by atoms with Crippen molar-refractivity contribution in [3.63, 3.8) is 0 Å². The van der Waals surface area contributed by atoms with Gasteiger partial charge < -0.3 is 10.6 Å². The molecule has 2 rings (SSSR count). The molecule has 1 amide bonds. The van der Waals surface area contributed by atoms with Crippen LogP contribution < -0.4 is 10.6 Å². The first-order chi connectivity index (χ1) is 9.56. The van der Waals surface area contributed by atoms with Gasteiger partial charge in [-0.3, -0.25) is 4.79 Å². The number of quaternary nitrogens is 1. The van der Waals surface area contributed by atoms with Gasteiger partial charge in [0.1, 0.15) is 0 Å². The van der Waals surface area contributed by atoms with Gasteiger partial charge >= 0.3 is 0 Å². The van der Waals surface area contributed by atoms with Crippen molar-refractivity contribution in [2.24, 2.45) is 5.92 Å². The number of carbonyl (C=O) groups excluding carboxylic acids is 1. The first-order valence-electron chi connectivity index (χ1n) is 7.79. The van der Waals surface area contributed by atoms with Crippen LogP contribution in [-0.4, -0.2) is 18.0 Å². The predicted molar refractivity (Wildman–Crippen MR) is 82.6 cm³/mol. The molecule has 1 saturated carbocycles. The van der Waals surface area contributed by atoms with E-state index < -0.39 is 0 Å². The number of hydrogen-bond acceptors (Lipinski definition) is 1. The van der Waals surface area contributed by atoms with Crippen LogP contribution in [0.2, 0.25) is 0 Å². The van der Waals surface area contributed by atoms with E-state index in [9.17, 15) is 4.79 Å². The van der Waals surface area contributed by atoms with E-state index in [0.717, 1.165) is 11.6 Å². The molecule has 20 heavy (non-hydrogen) atoms. The molecule has 3 atom stereocenters. The largest absolute Gasteiger partial charge is 0.334 e. The number of rotatable bonds is 4. The molecule has 0 unspecified atom stereocenters. The number of nitrogens with one attached hydrogen (secondary N) is 1. The number of amides is 1. The lowest BCUT2D eigenvalue weighted by atomic mass is 9.85. The molecule has 1 aliphatic carbocycles. The SMILES string of the molecule is Cc1ccc(NC(=O)[C@@H](C)[NH2+][C@@H]2CCCC[C@@H]2C)cc1. The molecule has 3 heteroatoms. The molecule has 0 spiro atoms. The smallest absolute Gasteiger partial charge is 0.282 e. The molecule has 1 aromatic carbocycles. The zero-order valence-corrected chi connectivity index (χ0v) is 12.9. The minimum Gasteiger partial charge on any atom is -0.334 e. The third-order valence-electron chi connectivity index (χ3n) is 4.45. The minimum atomic E-state index is -0.0261. The molecule has 0 aromatic heterocycles. The molecule has 0 heterocycles. The molecule has 3 N–H and O–H groups in total. The topological polar surface area (TPSA) is 45.7 Å². The number of hydrogen-bond donors (Lipinski definition) is 2. The van der Waals surface area contributed by atoms with Crippen LogP contribution in [0.25, 0.3) is 0 Å². The Kier molecular flexibility index (Phi) is 5.18. The van der Waals surface area contributed by atoms with Crippen LogP contribution in [0.15, 0.2) is 24.3 Å². The maximum Gasteiger partial charge on any atom is 0.282 e. The van der Waals surface area contributed by atoms with Crippen molar-refractivity contribution in [1.82, 2.24) is 0 Å². The maximum absolute atomic E-state index is 12.2. The third kappa shape index (κ3) is 4.07. The summed E-state index contributed by atoms with van der Waals surface area (Å²) in [5.74, 6) is 0.824. The van der Waals surface area contributed by atoms with Gasteiger partial charge in [0.15, 0.2) is 6.04 Å². The van der Waals surface area contributed by atoms with Crippen molar-refractivity contribution in [2.75, 3.05) is 5.32 Å². The second-order valence-corrected chi connectivity index (χ2v) is 6.26. The second-order valence-electron chi connectivity index (χ2n) is 6.26. The average Bonchev–Trinajstić information content (AvgIpc) is 2.44. The summed E-state index contributed by atoms with van der Waals surface area (Å²) in [7, 11) is 0. The van der Waals surface area contributed by atoms with E-state index in [2.05, 4.69) is 17.6 Å². The molecule has 1 fully saturated rings. The second kappa shape index (κ2) is 6.89. The number of carbonyl (C=O) groups is 1. The first kappa shape index (κ1) is 15.0. The summed E-state index contributed by atoms with van der Waals surface area (Å²) >= 11 is 0. The maximum atomic E-state index is 12.2. The van der Waals surface area contributed by atoms with Crippen molar-refractivity contribution in [1.29, 1.82) is 0 Å². The highest BCUT2D eigenvalue weighted by Crippen LogP contribution is 2.21. The summed E-state index contributed by atoms with van der Waals surface area (Å²) < 4.78 is 0. The number of aryl methyl sites for hydroxylation is 1. The van der Waals surface area contributed by atoms with Crippen LogP contribution in [0.4, 0.5) is 5.69 Å². The van der Waals surface area contributed by atoms with Crippen molar-refractivity contribution >= 4 is 11.6 Å². The van der Waals surface area contributed by atoms with Crippen LogP contribution in [0.1, 0.15) is 45.1 Å². The van der Waals surface area contributed by atoms with Gasteiger partial charge in [0.05, 0.1) is 6.04 Å². The van der Waals surface area contributed by atoms with Gasteiger partial charge in [-0.2, -0.15) is 0 Å². The normalized spacial score (nSPS) is 24.1. The van der Waals surface area contributed by atoms with Gasteiger partial charge in [-0.15, -0.1) is 0 Å². The lowest BCUT2D eigenvalue weighted by Crippen LogP contribution is -2.97. The van der Waals surface area contributed by atoms with Gasteiger partial charge in [-0.25, -0.2) is 0 Å². The molecular formula is C17H27N2O+. The van der Waals surface area contributed by atoms with E-state index in [1.807, 2.05) is 38.1 Å². The lowest BCUT2D eigenvalue weighted by molar-refractivity contribution is -0.714. The number of anilines is 1. The Labute approximate surface area is 122 Å². The predicted octanol–water partition coefficient (Wildman–Crippen LogP) is 2.46. The summed E-state index contributed by atoms with van der Waals surface area (Å²) in [6.45, 7) is 6.36. The van der Waals surface area contributed by atoms with Crippen LogP contribution in [0.3, 0.4) is 0 Å². The fourth-order valence-corrected chi connectivity index (χ4v) is 2.98. The van der Waals surface area contributed by atoms with Crippen LogP contribution in [0.5, 0.6) is 0 Å². The van der Waals surface area contributed by atoms with Gasteiger partial charge in [-0.05, 0) is 45.2 Å². The Bertz CT molecular complexity index is 441. The van der Waals surface area contributed by atoms with E-state index in [4.69, 9.17) is 0 Å². The lowest BCUT2D eigenvalue weighted by Gasteiger charge is -2.28. The van der Waals surface area contributed by atoms with E-state index >= 15 is 0 Å². The fourth-order valence-electron chi connectivity index (χ4n) is 2.98. The minimum absolute atomic E-state index is 0.0261. The van der Waals surface area contributed by atoms with E-state index in [1.165, 1.54) is 31.2 Å². The summed E-state index contributed by atoms with van der Waals surface area (Å²) in [5.41, 5.74) is 2.09. The molecule has 110 valence electrons. The summed E-state index contributed by atoms with van der Waals surface area (Å²) in [6.07, 6.45) is 5.18. The summed E-state index contributed by atoms with van der Waals surface area (Å²) in [4.78, 5) is 12.2. The Morgan fingerprint density at radius 3 is 2.55 bits per heavy atom. The molecule has 0 radical (unpaired) electrons. The number of benzene rings is 1. The zero-order valence-electron chi connectivity index (χ0n) is 12.9. The average molecular weight is 275 g/mol. The standard InChI is InChI=1S/C17H26N2O/c1-12-8-10-15(11-9-12)19-17(20)14(3)18-16-7-5-4-6-13(16)2/h8-11,13-14,16,18H,4-7H2,1-3H3,(H,19,20)/p+1/t13-,14+,16+/m0/s1. The van der Waals surface area contributed by atoms with Crippen molar-refractivity contribution in [2.45, 2.75) is 58.5 Å². The summed E-state index contributed by atoms with van der Waals surface area (Å²) in [5, 5.41) is 5.26. The highest BCUT2D eigenvalue weighted by Gasteiger charge is 2.28. The highest BCUT2D eigenvalue weighted by molar-refractivity contribution is 5.93. The van der Waals surface area contributed by atoms with Crippen LogP contribution in [0, 0.1) is 12.8 Å². The molecule has 0 saturated heterocycles.